The Labute approximate surface area is 122 Å². The van der Waals surface area contributed by atoms with Gasteiger partial charge in [0.05, 0.1) is 0 Å². The predicted octanol–water partition coefficient (Wildman–Crippen LogP) is 3.54. The Morgan fingerprint density at radius 1 is 1.47 bits per heavy atom. The first kappa shape index (κ1) is 14.9. The van der Waals surface area contributed by atoms with Crippen LogP contribution in [0.2, 0.25) is 0 Å². The van der Waals surface area contributed by atoms with Gasteiger partial charge >= 0.3 is 0 Å². The van der Waals surface area contributed by atoms with Gasteiger partial charge in [-0.25, -0.2) is 4.39 Å². The van der Waals surface area contributed by atoms with Crippen molar-refractivity contribution in [3.63, 3.8) is 0 Å². The summed E-state index contributed by atoms with van der Waals surface area (Å²) in [6.07, 6.45) is 3.11. The molecular formula is C15H21BrFNO. The second kappa shape index (κ2) is 7.36. The Morgan fingerprint density at radius 2 is 2.32 bits per heavy atom. The van der Waals surface area contributed by atoms with Gasteiger partial charge in [0.2, 0.25) is 0 Å². The highest BCUT2D eigenvalue weighted by Crippen LogP contribution is 2.22. The molecule has 2 unspecified atom stereocenters. The van der Waals surface area contributed by atoms with Gasteiger partial charge in [-0.3, -0.25) is 0 Å². The molecule has 0 amide bonds. The van der Waals surface area contributed by atoms with Crippen molar-refractivity contribution in [2.24, 2.45) is 5.92 Å². The summed E-state index contributed by atoms with van der Waals surface area (Å²) in [6, 6.07) is 5.51. The van der Waals surface area contributed by atoms with Gasteiger partial charge in [0.15, 0.2) is 0 Å². The molecule has 1 heterocycles. The third kappa shape index (κ3) is 4.86. The molecule has 19 heavy (non-hydrogen) atoms. The summed E-state index contributed by atoms with van der Waals surface area (Å²) in [5, 5.41) is 3.50. The lowest BCUT2D eigenvalue weighted by molar-refractivity contribution is 0.181. The van der Waals surface area contributed by atoms with Crippen LogP contribution in [0.25, 0.3) is 0 Å². The molecule has 1 saturated heterocycles. The molecule has 106 valence electrons. The smallest absolute Gasteiger partial charge is 0.124 e. The Kier molecular flexibility index (Phi) is 5.79. The van der Waals surface area contributed by atoms with Gasteiger partial charge in [0, 0.05) is 23.7 Å². The highest BCUT2D eigenvalue weighted by Gasteiger charge is 2.20. The summed E-state index contributed by atoms with van der Waals surface area (Å²) in [7, 11) is 0. The van der Waals surface area contributed by atoms with Crippen LogP contribution in [0.1, 0.15) is 25.3 Å². The van der Waals surface area contributed by atoms with Crippen LogP contribution in [0.3, 0.4) is 0 Å². The molecule has 1 fully saturated rings. The van der Waals surface area contributed by atoms with Crippen molar-refractivity contribution >= 4 is 15.9 Å². The first-order valence-corrected chi connectivity index (χ1v) is 7.72. The van der Waals surface area contributed by atoms with E-state index in [0.717, 1.165) is 49.1 Å². The summed E-state index contributed by atoms with van der Waals surface area (Å²) in [6.45, 7) is 4.80. The van der Waals surface area contributed by atoms with Crippen molar-refractivity contribution in [1.29, 1.82) is 0 Å². The van der Waals surface area contributed by atoms with Crippen molar-refractivity contribution < 1.29 is 9.13 Å². The predicted molar refractivity (Wildman–Crippen MR) is 78.8 cm³/mol. The van der Waals surface area contributed by atoms with Gasteiger partial charge < -0.3 is 10.1 Å². The monoisotopic (exact) mass is 329 g/mol. The number of likely N-dealkylation sites (N-methyl/N-ethyl adjacent to an activating group) is 1. The normalized spacial score (nSPS) is 20.7. The molecule has 2 rings (SSSR count). The van der Waals surface area contributed by atoms with Crippen LogP contribution < -0.4 is 5.32 Å². The van der Waals surface area contributed by atoms with Crippen LogP contribution in [-0.2, 0) is 11.2 Å². The molecule has 0 aromatic heterocycles. The maximum Gasteiger partial charge on any atom is 0.124 e. The van der Waals surface area contributed by atoms with E-state index in [2.05, 4.69) is 28.2 Å². The number of ether oxygens (including phenoxy) is 1. The Balaban J connectivity index is 1.98. The van der Waals surface area contributed by atoms with Crippen molar-refractivity contribution in [1.82, 2.24) is 5.32 Å². The van der Waals surface area contributed by atoms with Crippen LogP contribution in [0.5, 0.6) is 0 Å². The first-order chi connectivity index (χ1) is 9.17. The van der Waals surface area contributed by atoms with Crippen molar-refractivity contribution in [2.75, 3.05) is 19.8 Å². The molecule has 0 spiro atoms. The minimum atomic E-state index is -0.177. The van der Waals surface area contributed by atoms with E-state index in [0.29, 0.717) is 12.0 Å². The number of rotatable bonds is 6. The van der Waals surface area contributed by atoms with E-state index in [1.54, 1.807) is 6.07 Å². The molecule has 1 aliphatic rings. The zero-order valence-electron chi connectivity index (χ0n) is 11.3. The molecule has 2 atom stereocenters. The Morgan fingerprint density at radius 3 is 2.95 bits per heavy atom. The summed E-state index contributed by atoms with van der Waals surface area (Å²) >= 11 is 3.35. The second-order valence-electron chi connectivity index (χ2n) is 5.20. The Bertz CT molecular complexity index is 387. The van der Waals surface area contributed by atoms with E-state index in [1.165, 1.54) is 6.07 Å². The summed E-state index contributed by atoms with van der Waals surface area (Å²) in [5.41, 5.74) is 1.04. The van der Waals surface area contributed by atoms with Crippen LogP contribution >= 0.6 is 15.9 Å². The van der Waals surface area contributed by atoms with E-state index in [9.17, 15) is 4.39 Å². The van der Waals surface area contributed by atoms with Crippen LogP contribution in [0.4, 0.5) is 4.39 Å². The molecule has 0 aliphatic carbocycles. The largest absolute Gasteiger partial charge is 0.381 e. The van der Waals surface area contributed by atoms with Crippen molar-refractivity contribution in [2.45, 2.75) is 32.2 Å². The molecule has 1 aliphatic heterocycles. The summed E-state index contributed by atoms with van der Waals surface area (Å²) < 4.78 is 19.6. The topological polar surface area (TPSA) is 21.3 Å². The molecule has 1 N–H and O–H groups in total. The van der Waals surface area contributed by atoms with E-state index >= 15 is 0 Å². The minimum Gasteiger partial charge on any atom is -0.381 e. The molecule has 1 aromatic carbocycles. The molecule has 1 aromatic rings. The van der Waals surface area contributed by atoms with E-state index < -0.39 is 0 Å². The molecule has 4 heteroatoms. The van der Waals surface area contributed by atoms with Crippen molar-refractivity contribution in [3.05, 3.63) is 34.1 Å². The third-order valence-corrected chi connectivity index (χ3v) is 4.00. The van der Waals surface area contributed by atoms with Gasteiger partial charge in [-0.2, -0.15) is 0 Å². The van der Waals surface area contributed by atoms with E-state index in [-0.39, 0.29) is 5.82 Å². The molecular weight excluding hydrogens is 309 g/mol. The van der Waals surface area contributed by atoms with Crippen LogP contribution in [0.15, 0.2) is 22.7 Å². The fourth-order valence-corrected chi connectivity index (χ4v) is 3.23. The Hall–Kier alpha value is -0.450. The van der Waals surface area contributed by atoms with Gasteiger partial charge in [-0.1, -0.05) is 22.9 Å². The quantitative estimate of drug-likeness (QED) is 0.861. The summed E-state index contributed by atoms with van der Waals surface area (Å²) in [5.74, 6) is 0.463. The number of benzene rings is 1. The van der Waals surface area contributed by atoms with Gasteiger partial charge in [-0.15, -0.1) is 0 Å². The maximum atomic E-state index is 13.4. The number of nitrogens with one attached hydrogen (secondary N) is 1. The number of hydrogen-bond donors (Lipinski definition) is 1. The van der Waals surface area contributed by atoms with Gasteiger partial charge in [0.25, 0.3) is 0 Å². The first-order valence-electron chi connectivity index (χ1n) is 6.93. The maximum absolute atomic E-state index is 13.4. The lowest BCUT2D eigenvalue weighted by Gasteiger charge is -2.21. The highest BCUT2D eigenvalue weighted by molar-refractivity contribution is 9.10. The summed E-state index contributed by atoms with van der Waals surface area (Å²) in [4.78, 5) is 0. The number of halogens is 2. The van der Waals surface area contributed by atoms with Gasteiger partial charge in [0.1, 0.15) is 5.82 Å². The van der Waals surface area contributed by atoms with E-state index in [4.69, 9.17) is 4.74 Å². The zero-order valence-corrected chi connectivity index (χ0v) is 12.9. The molecule has 0 bridgehead atoms. The number of hydrogen-bond acceptors (Lipinski definition) is 2. The fourth-order valence-electron chi connectivity index (χ4n) is 2.71. The van der Waals surface area contributed by atoms with Crippen LogP contribution in [0, 0.1) is 11.7 Å². The highest BCUT2D eigenvalue weighted by atomic mass is 79.9. The SMILES string of the molecule is CCNC(Cc1cc(F)cc(Br)c1)CC1CCOC1. The van der Waals surface area contributed by atoms with Gasteiger partial charge in [-0.05, 0) is 55.5 Å². The lowest BCUT2D eigenvalue weighted by atomic mass is 9.94. The van der Waals surface area contributed by atoms with Crippen LogP contribution in [-0.4, -0.2) is 25.8 Å². The van der Waals surface area contributed by atoms with Crippen molar-refractivity contribution in [3.8, 4) is 0 Å². The lowest BCUT2D eigenvalue weighted by Crippen LogP contribution is -2.33. The average Bonchev–Trinajstić information content (AvgIpc) is 2.80. The average molecular weight is 330 g/mol. The molecule has 0 saturated carbocycles. The van der Waals surface area contributed by atoms with E-state index in [1.807, 2.05) is 6.07 Å². The molecule has 0 radical (unpaired) electrons. The zero-order chi connectivity index (χ0) is 13.7. The third-order valence-electron chi connectivity index (χ3n) is 3.54. The standard InChI is InChI=1S/C15H21BrFNO/c1-2-18-15(7-11-3-4-19-10-11)8-12-5-13(16)9-14(17)6-12/h5-6,9,11,15,18H,2-4,7-8,10H2,1H3. The minimum absolute atomic E-state index is 0.177. The fraction of sp³-hybridized carbons (Fsp3) is 0.600. The molecule has 2 nitrogen and oxygen atoms in total. The second-order valence-corrected chi connectivity index (χ2v) is 6.12.